The van der Waals surface area contributed by atoms with E-state index in [4.69, 9.17) is 19.7 Å². The van der Waals surface area contributed by atoms with Crippen molar-refractivity contribution in [1.82, 2.24) is 15.0 Å². The predicted molar refractivity (Wildman–Crippen MR) is 124 cm³/mol. The number of nitrogens with one attached hydrogen (secondary N) is 1. The number of nitrogens with two attached hydrogens (primary N) is 1. The monoisotopic (exact) mass is 465 g/mol. The number of aromatic nitrogens is 2. The van der Waals surface area contributed by atoms with Gasteiger partial charge >= 0.3 is 0 Å². The van der Waals surface area contributed by atoms with Gasteiger partial charge in [-0.05, 0) is 49.7 Å². The Morgan fingerprint density at radius 1 is 1.18 bits per heavy atom. The summed E-state index contributed by atoms with van der Waals surface area (Å²) in [5.41, 5.74) is 6.88. The lowest BCUT2D eigenvalue weighted by atomic mass is 9.97. The molecular weight excluding hydrogens is 438 g/mol. The van der Waals surface area contributed by atoms with Crippen LogP contribution >= 0.6 is 0 Å². The molecule has 0 aliphatic carbocycles. The molecule has 10 heteroatoms. The highest BCUT2D eigenvalue weighted by atomic mass is 16.5. The normalized spacial score (nSPS) is 16.1. The van der Waals surface area contributed by atoms with Crippen LogP contribution in [0.3, 0.4) is 0 Å². The molecule has 1 fully saturated rings. The molecule has 2 aromatic carbocycles. The van der Waals surface area contributed by atoms with E-state index in [-0.39, 0.29) is 17.4 Å². The Labute approximate surface area is 197 Å². The van der Waals surface area contributed by atoms with Crippen molar-refractivity contribution in [3.63, 3.8) is 0 Å². The molecule has 0 bridgehead atoms. The molecule has 10 nitrogen and oxygen atoms in total. The molecule has 1 atom stereocenters. The van der Waals surface area contributed by atoms with Crippen LogP contribution in [-0.4, -0.2) is 54.2 Å². The van der Waals surface area contributed by atoms with Gasteiger partial charge in [0.2, 0.25) is 17.6 Å². The number of ether oxygens (including phenoxy) is 2. The molecule has 3 N–H and O–H groups in total. The number of methoxy groups -OCH3 is 2. The lowest BCUT2D eigenvalue weighted by Crippen LogP contribution is -2.40. The number of para-hydroxylation sites is 1. The highest BCUT2D eigenvalue weighted by Crippen LogP contribution is 2.31. The van der Waals surface area contributed by atoms with Gasteiger partial charge in [-0.1, -0.05) is 17.3 Å². The second-order valence-corrected chi connectivity index (χ2v) is 8.05. The van der Waals surface area contributed by atoms with E-state index < -0.39 is 5.91 Å². The van der Waals surface area contributed by atoms with Crippen molar-refractivity contribution in [3.05, 3.63) is 53.9 Å². The van der Waals surface area contributed by atoms with Crippen LogP contribution in [0.4, 0.5) is 5.69 Å². The quantitative estimate of drug-likeness (QED) is 0.519. The highest BCUT2D eigenvalue weighted by Gasteiger charge is 2.27. The minimum absolute atomic E-state index is 0.144. The number of hydrogen-bond acceptors (Lipinski definition) is 8. The van der Waals surface area contributed by atoms with Gasteiger partial charge in [0.25, 0.3) is 5.91 Å². The standard InChI is InChI=1S/C24H27N5O5/c1-32-19-10-9-15(12-20(19)33-2)23-27-21(34-28-23)14-29-11-5-6-16(13-29)24(31)26-18-8-4-3-7-17(18)22(25)30/h3-4,7-10,12,16H,5-6,11,13-14H2,1-2H3,(H2,25,30)(H,26,31). The number of rotatable bonds is 8. The highest BCUT2D eigenvalue weighted by molar-refractivity contribution is 6.03. The molecule has 0 saturated carbocycles. The van der Waals surface area contributed by atoms with Crippen LogP contribution in [0.1, 0.15) is 29.1 Å². The lowest BCUT2D eigenvalue weighted by Gasteiger charge is -2.31. The van der Waals surface area contributed by atoms with Crippen molar-refractivity contribution in [2.24, 2.45) is 11.7 Å². The second kappa shape index (κ2) is 10.3. The fraction of sp³-hybridized carbons (Fsp3) is 0.333. The van der Waals surface area contributed by atoms with E-state index in [0.717, 1.165) is 24.9 Å². The molecule has 1 saturated heterocycles. The topological polar surface area (TPSA) is 133 Å². The summed E-state index contributed by atoms with van der Waals surface area (Å²) in [6, 6.07) is 12.1. The zero-order valence-electron chi connectivity index (χ0n) is 19.1. The third kappa shape index (κ3) is 5.18. The molecule has 2 amide bonds. The summed E-state index contributed by atoms with van der Waals surface area (Å²) in [6.07, 6.45) is 1.61. The van der Waals surface area contributed by atoms with Crippen molar-refractivity contribution < 1.29 is 23.6 Å². The SMILES string of the molecule is COc1ccc(-c2noc(CN3CCCC(C(=O)Nc4ccccc4C(N)=O)C3)n2)cc1OC. The molecule has 3 aromatic rings. The maximum Gasteiger partial charge on any atom is 0.250 e. The smallest absolute Gasteiger partial charge is 0.250 e. The van der Waals surface area contributed by atoms with Gasteiger partial charge in [0.15, 0.2) is 11.5 Å². The molecule has 1 aliphatic heterocycles. The minimum Gasteiger partial charge on any atom is -0.493 e. The molecule has 1 unspecified atom stereocenters. The number of piperidine rings is 1. The lowest BCUT2D eigenvalue weighted by molar-refractivity contribution is -0.121. The van der Waals surface area contributed by atoms with Crippen molar-refractivity contribution in [2.45, 2.75) is 19.4 Å². The van der Waals surface area contributed by atoms with E-state index in [0.29, 0.717) is 42.0 Å². The molecule has 1 aliphatic rings. The molecule has 0 radical (unpaired) electrons. The van der Waals surface area contributed by atoms with Gasteiger partial charge in [0.05, 0.1) is 37.9 Å². The zero-order chi connectivity index (χ0) is 24.1. The minimum atomic E-state index is -0.581. The first-order valence-electron chi connectivity index (χ1n) is 11.0. The Balaban J connectivity index is 1.40. The Morgan fingerprint density at radius 3 is 2.74 bits per heavy atom. The molecule has 4 rings (SSSR count). The number of carbonyl (C=O) groups excluding carboxylic acids is 2. The van der Waals surface area contributed by atoms with E-state index >= 15 is 0 Å². The van der Waals surface area contributed by atoms with Crippen molar-refractivity contribution >= 4 is 17.5 Å². The Bertz CT molecular complexity index is 1180. The van der Waals surface area contributed by atoms with Crippen molar-refractivity contribution in [1.29, 1.82) is 0 Å². The Morgan fingerprint density at radius 2 is 1.97 bits per heavy atom. The summed E-state index contributed by atoms with van der Waals surface area (Å²) in [6.45, 7) is 1.79. The van der Waals surface area contributed by atoms with Crippen LogP contribution in [0.5, 0.6) is 11.5 Å². The molecule has 178 valence electrons. The van der Waals surface area contributed by atoms with Crippen LogP contribution < -0.4 is 20.5 Å². The summed E-state index contributed by atoms with van der Waals surface area (Å²) in [4.78, 5) is 31.1. The van der Waals surface area contributed by atoms with Gasteiger partial charge in [-0.3, -0.25) is 14.5 Å². The van der Waals surface area contributed by atoms with Crippen molar-refractivity contribution in [2.75, 3.05) is 32.6 Å². The number of benzene rings is 2. The first-order chi connectivity index (χ1) is 16.5. The summed E-state index contributed by atoms with van der Waals surface area (Å²) in [5.74, 6) is 1.15. The number of anilines is 1. The van der Waals surface area contributed by atoms with Gasteiger partial charge < -0.3 is 25.0 Å². The van der Waals surface area contributed by atoms with Gasteiger partial charge in [-0.25, -0.2) is 0 Å². The molecule has 2 heterocycles. The van der Waals surface area contributed by atoms with Crippen LogP contribution in [-0.2, 0) is 11.3 Å². The second-order valence-electron chi connectivity index (χ2n) is 8.05. The van der Waals surface area contributed by atoms with E-state index in [1.807, 2.05) is 6.07 Å². The number of likely N-dealkylation sites (tertiary alicyclic amines) is 1. The number of nitrogens with zero attached hydrogens (tertiary/aromatic N) is 3. The first kappa shape index (κ1) is 23.2. The largest absolute Gasteiger partial charge is 0.493 e. The summed E-state index contributed by atoms with van der Waals surface area (Å²) in [5, 5.41) is 6.94. The predicted octanol–water partition coefficient (Wildman–Crippen LogP) is 2.70. The fourth-order valence-corrected chi connectivity index (χ4v) is 4.06. The maximum atomic E-state index is 12.9. The van der Waals surface area contributed by atoms with Crippen LogP contribution in [0.25, 0.3) is 11.4 Å². The van der Waals surface area contributed by atoms with Crippen LogP contribution in [0.2, 0.25) is 0 Å². The Kier molecular flexibility index (Phi) is 7.07. The van der Waals surface area contributed by atoms with E-state index in [2.05, 4.69) is 20.4 Å². The number of amides is 2. The average Bonchev–Trinajstić information content (AvgIpc) is 3.32. The third-order valence-corrected chi connectivity index (χ3v) is 5.80. The summed E-state index contributed by atoms with van der Waals surface area (Å²) < 4.78 is 16.1. The fourth-order valence-electron chi connectivity index (χ4n) is 4.06. The van der Waals surface area contributed by atoms with Gasteiger partial charge in [-0.15, -0.1) is 0 Å². The first-order valence-corrected chi connectivity index (χ1v) is 11.0. The van der Waals surface area contributed by atoms with Gasteiger partial charge in [0.1, 0.15) is 0 Å². The van der Waals surface area contributed by atoms with Crippen molar-refractivity contribution in [3.8, 4) is 22.9 Å². The number of primary amides is 1. The summed E-state index contributed by atoms with van der Waals surface area (Å²) >= 11 is 0. The average molecular weight is 466 g/mol. The molecular formula is C24H27N5O5. The molecule has 34 heavy (non-hydrogen) atoms. The summed E-state index contributed by atoms with van der Waals surface area (Å²) in [7, 11) is 3.14. The Hall–Kier alpha value is -3.92. The van der Waals surface area contributed by atoms with E-state index in [1.54, 1.807) is 50.6 Å². The van der Waals surface area contributed by atoms with Crippen LogP contribution in [0.15, 0.2) is 47.0 Å². The van der Waals surface area contributed by atoms with Gasteiger partial charge in [0, 0.05) is 12.1 Å². The maximum absolute atomic E-state index is 12.9. The molecule has 0 spiro atoms. The third-order valence-electron chi connectivity index (χ3n) is 5.80. The number of carbonyl (C=O) groups is 2. The zero-order valence-corrected chi connectivity index (χ0v) is 19.1. The van der Waals surface area contributed by atoms with Gasteiger partial charge in [-0.2, -0.15) is 4.98 Å². The van der Waals surface area contributed by atoms with Crippen LogP contribution in [0, 0.1) is 5.92 Å². The van der Waals surface area contributed by atoms with E-state index in [9.17, 15) is 9.59 Å². The molecule has 1 aromatic heterocycles. The van der Waals surface area contributed by atoms with E-state index in [1.165, 1.54) is 0 Å². The number of hydrogen-bond donors (Lipinski definition) is 2.